The van der Waals surface area contributed by atoms with E-state index in [4.69, 9.17) is 11.6 Å². The van der Waals surface area contributed by atoms with Gasteiger partial charge >= 0.3 is 6.18 Å². The van der Waals surface area contributed by atoms with Crippen LogP contribution >= 0.6 is 11.6 Å². The van der Waals surface area contributed by atoms with Crippen LogP contribution in [0.4, 0.5) is 17.6 Å². The van der Waals surface area contributed by atoms with Crippen LogP contribution in [-0.2, 0) is 6.18 Å². The Labute approximate surface area is 107 Å². The lowest BCUT2D eigenvalue weighted by Crippen LogP contribution is -2.11. The molecule has 0 fully saturated rings. The smallest absolute Gasteiger partial charge is 0.267 e. The Morgan fingerprint density at radius 3 is 2.58 bits per heavy atom. The molecule has 0 saturated carbocycles. The fourth-order valence-electron chi connectivity index (χ4n) is 1.76. The first-order valence-electron chi connectivity index (χ1n) is 4.95. The Morgan fingerprint density at radius 2 is 1.89 bits per heavy atom. The molecule has 4 nitrogen and oxygen atoms in total. The molecule has 0 bridgehead atoms. The Hall–Kier alpha value is -1.96. The molecule has 0 aliphatic rings. The second-order valence-corrected chi connectivity index (χ2v) is 4.07. The first-order valence-corrected chi connectivity index (χ1v) is 5.33. The third kappa shape index (κ3) is 1.79. The highest BCUT2D eigenvalue weighted by molar-refractivity contribution is 6.32. The molecule has 0 aliphatic carbocycles. The largest absolute Gasteiger partial charge is 0.452 e. The molecule has 0 radical (unpaired) electrons. The summed E-state index contributed by atoms with van der Waals surface area (Å²) in [7, 11) is 0. The zero-order chi connectivity index (χ0) is 13.8. The van der Waals surface area contributed by atoms with Crippen molar-refractivity contribution in [2.24, 2.45) is 0 Å². The number of halogens is 5. The van der Waals surface area contributed by atoms with E-state index in [1.165, 1.54) is 6.07 Å². The van der Waals surface area contributed by atoms with E-state index in [0.29, 0.717) is 4.40 Å². The van der Waals surface area contributed by atoms with Crippen molar-refractivity contribution in [2.75, 3.05) is 0 Å². The van der Waals surface area contributed by atoms with Crippen molar-refractivity contribution in [1.29, 1.82) is 0 Å². The summed E-state index contributed by atoms with van der Waals surface area (Å²) in [5, 5.41) is 6.15. The maximum Gasteiger partial charge on any atom is 0.452 e. The maximum atomic E-state index is 13.2. The van der Waals surface area contributed by atoms with Crippen LogP contribution in [0, 0.1) is 5.82 Å². The minimum atomic E-state index is -4.73. The predicted molar refractivity (Wildman–Crippen MR) is 58.3 cm³/mol. The van der Waals surface area contributed by atoms with E-state index >= 15 is 0 Å². The topological polar surface area (TPSA) is 43.1 Å². The summed E-state index contributed by atoms with van der Waals surface area (Å²) in [6.07, 6.45) is -4.73. The summed E-state index contributed by atoms with van der Waals surface area (Å²) in [5.41, 5.74) is -0.256. The molecular weight excluding hydrogens is 288 g/mol. The standard InChI is InChI=1S/C10H3ClF4N4/c11-7-8-17-18-9(10(13,14)15)19(8)6-3-4(12)1-2-5(6)16-7/h1-3H. The molecule has 0 spiro atoms. The summed E-state index contributed by atoms with van der Waals surface area (Å²) >= 11 is 5.74. The minimum absolute atomic E-state index is 0.100. The highest BCUT2D eigenvalue weighted by atomic mass is 35.5. The summed E-state index contributed by atoms with van der Waals surface area (Å²) < 4.78 is 52.3. The second-order valence-electron chi connectivity index (χ2n) is 3.72. The van der Waals surface area contributed by atoms with Gasteiger partial charge in [0.25, 0.3) is 0 Å². The van der Waals surface area contributed by atoms with Gasteiger partial charge in [0, 0.05) is 6.07 Å². The van der Waals surface area contributed by atoms with Crippen molar-refractivity contribution in [3.8, 4) is 0 Å². The van der Waals surface area contributed by atoms with Crippen LogP contribution in [0.1, 0.15) is 5.82 Å². The van der Waals surface area contributed by atoms with Gasteiger partial charge in [0.15, 0.2) is 10.8 Å². The number of aromatic nitrogens is 4. The quantitative estimate of drug-likeness (QED) is 0.598. The van der Waals surface area contributed by atoms with E-state index in [-0.39, 0.29) is 21.8 Å². The lowest BCUT2D eigenvalue weighted by Gasteiger charge is -2.07. The molecule has 9 heteroatoms. The lowest BCUT2D eigenvalue weighted by atomic mass is 10.3. The zero-order valence-electron chi connectivity index (χ0n) is 8.91. The minimum Gasteiger partial charge on any atom is -0.267 e. The Balaban J connectivity index is 2.56. The number of fused-ring (bicyclic) bond motifs is 3. The first-order chi connectivity index (χ1) is 8.88. The van der Waals surface area contributed by atoms with E-state index in [0.717, 1.165) is 12.1 Å². The molecule has 0 atom stereocenters. The fourth-order valence-corrected chi connectivity index (χ4v) is 1.97. The van der Waals surface area contributed by atoms with Crippen LogP contribution in [0.2, 0.25) is 5.15 Å². The van der Waals surface area contributed by atoms with E-state index in [2.05, 4.69) is 15.2 Å². The van der Waals surface area contributed by atoms with Crippen molar-refractivity contribution >= 4 is 28.3 Å². The Morgan fingerprint density at radius 1 is 1.16 bits per heavy atom. The van der Waals surface area contributed by atoms with Gasteiger partial charge < -0.3 is 0 Å². The summed E-state index contributed by atoms with van der Waals surface area (Å²) in [4.78, 5) is 3.85. The lowest BCUT2D eigenvalue weighted by molar-refractivity contribution is -0.145. The Bertz CT molecular complexity index is 795. The van der Waals surface area contributed by atoms with Gasteiger partial charge in [0.1, 0.15) is 5.82 Å². The van der Waals surface area contributed by atoms with Crippen molar-refractivity contribution in [1.82, 2.24) is 19.6 Å². The third-order valence-corrected chi connectivity index (χ3v) is 2.75. The van der Waals surface area contributed by atoms with Gasteiger partial charge in [-0.3, -0.25) is 4.40 Å². The van der Waals surface area contributed by atoms with Gasteiger partial charge in [0.05, 0.1) is 11.0 Å². The van der Waals surface area contributed by atoms with Gasteiger partial charge in [-0.15, -0.1) is 10.2 Å². The number of hydrogen-bond donors (Lipinski definition) is 0. The van der Waals surface area contributed by atoms with Crippen LogP contribution in [-0.4, -0.2) is 19.6 Å². The summed E-state index contributed by atoms with van der Waals surface area (Å²) in [6, 6.07) is 3.23. The molecule has 19 heavy (non-hydrogen) atoms. The van der Waals surface area contributed by atoms with E-state index in [9.17, 15) is 17.6 Å². The number of hydrogen-bond acceptors (Lipinski definition) is 3. The van der Waals surface area contributed by atoms with Gasteiger partial charge in [-0.2, -0.15) is 13.2 Å². The van der Waals surface area contributed by atoms with E-state index in [1.807, 2.05) is 0 Å². The predicted octanol–water partition coefficient (Wildman–Crippen LogP) is 3.09. The van der Waals surface area contributed by atoms with Gasteiger partial charge in [-0.25, -0.2) is 9.37 Å². The molecule has 0 N–H and O–H groups in total. The Kier molecular flexibility index (Phi) is 2.40. The van der Waals surface area contributed by atoms with Gasteiger partial charge in [-0.1, -0.05) is 11.6 Å². The first kappa shape index (κ1) is 12.1. The van der Waals surface area contributed by atoms with Gasteiger partial charge in [0.2, 0.25) is 5.82 Å². The number of benzene rings is 1. The molecule has 0 amide bonds. The summed E-state index contributed by atoms with van der Waals surface area (Å²) in [5.74, 6) is -1.97. The average molecular weight is 291 g/mol. The molecule has 2 aromatic heterocycles. The molecule has 98 valence electrons. The van der Waals surface area contributed by atoms with Crippen LogP contribution in [0.25, 0.3) is 16.7 Å². The van der Waals surface area contributed by atoms with Gasteiger partial charge in [-0.05, 0) is 12.1 Å². The van der Waals surface area contributed by atoms with Crippen molar-refractivity contribution in [2.45, 2.75) is 6.18 Å². The number of rotatable bonds is 0. The molecular formula is C10H3ClF4N4. The molecule has 0 aliphatic heterocycles. The second kappa shape index (κ2) is 3.77. The molecule has 2 heterocycles. The molecule has 3 aromatic rings. The molecule has 0 unspecified atom stereocenters. The molecule has 3 rings (SSSR count). The molecule has 1 aromatic carbocycles. The highest BCUT2D eigenvalue weighted by Crippen LogP contribution is 2.31. The van der Waals surface area contributed by atoms with E-state index in [1.54, 1.807) is 0 Å². The van der Waals surface area contributed by atoms with Crippen molar-refractivity contribution in [3.05, 3.63) is 35.0 Å². The van der Waals surface area contributed by atoms with Crippen LogP contribution in [0.15, 0.2) is 18.2 Å². The highest BCUT2D eigenvalue weighted by Gasteiger charge is 2.38. The monoisotopic (exact) mass is 290 g/mol. The molecule has 0 saturated heterocycles. The fraction of sp³-hybridized carbons (Fsp3) is 0.100. The number of nitrogens with zero attached hydrogens (tertiary/aromatic N) is 4. The number of alkyl halides is 3. The zero-order valence-corrected chi connectivity index (χ0v) is 9.67. The maximum absolute atomic E-state index is 13.2. The van der Waals surface area contributed by atoms with Crippen LogP contribution in [0.3, 0.4) is 0 Å². The van der Waals surface area contributed by atoms with Crippen molar-refractivity contribution in [3.63, 3.8) is 0 Å². The summed E-state index contributed by atoms with van der Waals surface area (Å²) in [6.45, 7) is 0. The normalized spacial score (nSPS) is 12.5. The average Bonchev–Trinajstić information content (AvgIpc) is 2.75. The van der Waals surface area contributed by atoms with E-state index < -0.39 is 17.8 Å². The SMILES string of the molecule is Fc1ccc2nc(Cl)c3nnc(C(F)(F)F)n3c2c1. The van der Waals surface area contributed by atoms with Crippen LogP contribution < -0.4 is 0 Å². The third-order valence-electron chi connectivity index (χ3n) is 2.50. The van der Waals surface area contributed by atoms with Crippen molar-refractivity contribution < 1.29 is 17.6 Å². The van der Waals surface area contributed by atoms with Crippen LogP contribution in [0.5, 0.6) is 0 Å².